The summed E-state index contributed by atoms with van der Waals surface area (Å²) in [5.74, 6) is 1.25. The zero-order valence-electron chi connectivity index (χ0n) is 13.4. The normalized spacial score (nSPS) is 13.3. The standard InChI is InChI=1S/C19H17N3OS/c1-13-20-16-8-4-3-7-15(16)19(21-13)24-12-18(23)22-11-10-14-6-2-5-9-17(14)22/h2-9H,10-12H2,1H3. The number of hydrogen-bond donors (Lipinski definition) is 0. The van der Waals surface area contributed by atoms with Gasteiger partial charge in [-0.2, -0.15) is 0 Å². The molecule has 0 unspecified atom stereocenters. The zero-order chi connectivity index (χ0) is 16.5. The quantitative estimate of drug-likeness (QED) is 0.542. The number of fused-ring (bicyclic) bond motifs is 2. The highest BCUT2D eigenvalue weighted by Crippen LogP contribution is 2.30. The second kappa shape index (κ2) is 6.24. The van der Waals surface area contributed by atoms with Crippen molar-refractivity contribution in [1.29, 1.82) is 0 Å². The Morgan fingerprint density at radius 1 is 1.12 bits per heavy atom. The Bertz CT molecular complexity index is 925. The van der Waals surface area contributed by atoms with Crippen LogP contribution < -0.4 is 4.90 Å². The first-order valence-corrected chi connectivity index (χ1v) is 8.95. The molecular weight excluding hydrogens is 318 g/mol. The van der Waals surface area contributed by atoms with Gasteiger partial charge in [0, 0.05) is 17.6 Å². The van der Waals surface area contributed by atoms with E-state index in [-0.39, 0.29) is 5.91 Å². The molecule has 1 aromatic heterocycles. The van der Waals surface area contributed by atoms with Crippen LogP contribution in [0.3, 0.4) is 0 Å². The van der Waals surface area contributed by atoms with Gasteiger partial charge in [-0.25, -0.2) is 9.97 Å². The minimum atomic E-state index is 0.130. The fraction of sp³-hybridized carbons (Fsp3) is 0.211. The molecule has 0 saturated heterocycles. The summed E-state index contributed by atoms with van der Waals surface area (Å²) in [6.45, 7) is 2.65. The van der Waals surface area contributed by atoms with E-state index in [1.165, 1.54) is 17.3 Å². The van der Waals surface area contributed by atoms with Gasteiger partial charge >= 0.3 is 0 Å². The molecule has 1 amide bonds. The number of aromatic nitrogens is 2. The lowest BCUT2D eigenvalue weighted by molar-refractivity contribution is -0.116. The van der Waals surface area contributed by atoms with Crippen LogP contribution in [0.25, 0.3) is 10.9 Å². The van der Waals surface area contributed by atoms with Crippen LogP contribution in [0.5, 0.6) is 0 Å². The monoisotopic (exact) mass is 335 g/mol. The summed E-state index contributed by atoms with van der Waals surface area (Å²) in [5, 5.41) is 1.88. The Labute approximate surface area is 144 Å². The maximum absolute atomic E-state index is 12.7. The molecule has 0 radical (unpaired) electrons. The van der Waals surface area contributed by atoms with E-state index in [0.717, 1.165) is 40.4 Å². The number of hydrogen-bond acceptors (Lipinski definition) is 4. The van der Waals surface area contributed by atoms with Gasteiger partial charge in [0.05, 0.1) is 11.3 Å². The van der Waals surface area contributed by atoms with Crippen molar-refractivity contribution in [2.75, 3.05) is 17.2 Å². The van der Waals surface area contributed by atoms with Crippen molar-refractivity contribution >= 4 is 34.3 Å². The van der Waals surface area contributed by atoms with Crippen molar-refractivity contribution in [3.8, 4) is 0 Å². The smallest absolute Gasteiger partial charge is 0.237 e. The maximum atomic E-state index is 12.7. The Hall–Kier alpha value is -2.40. The second-order valence-corrected chi connectivity index (χ2v) is 6.77. The molecule has 0 N–H and O–H groups in total. The third kappa shape index (κ3) is 2.76. The molecule has 5 heteroatoms. The van der Waals surface area contributed by atoms with E-state index in [2.05, 4.69) is 16.0 Å². The molecule has 4 nitrogen and oxygen atoms in total. The third-order valence-electron chi connectivity index (χ3n) is 4.20. The number of para-hydroxylation sites is 2. The SMILES string of the molecule is Cc1nc(SCC(=O)N2CCc3ccccc32)c2ccccc2n1. The number of anilines is 1. The third-order valence-corrected chi connectivity index (χ3v) is 5.18. The fourth-order valence-corrected chi connectivity index (χ4v) is 4.01. The minimum absolute atomic E-state index is 0.130. The first-order valence-electron chi connectivity index (χ1n) is 7.97. The number of nitrogens with zero attached hydrogens (tertiary/aromatic N) is 3. The molecular formula is C19H17N3OS. The van der Waals surface area contributed by atoms with E-state index in [4.69, 9.17) is 0 Å². The Morgan fingerprint density at radius 2 is 1.92 bits per heavy atom. The van der Waals surface area contributed by atoms with Crippen LogP contribution in [0.15, 0.2) is 53.6 Å². The van der Waals surface area contributed by atoms with Crippen molar-refractivity contribution in [3.05, 3.63) is 59.9 Å². The molecule has 4 rings (SSSR count). The van der Waals surface area contributed by atoms with Crippen LogP contribution in [0.1, 0.15) is 11.4 Å². The van der Waals surface area contributed by atoms with Crippen molar-refractivity contribution in [3.63, 3.8) is 0 Å². The highest BCUT2D eigenvalue weighted by molar-refractivity contribution is 8.00. The first kappa shape index (κ1) is 15.1. The molecule has 3 aromatic rings. The number of carbonyl (C=O) groups is 1. The van der Waals surface area contributed by atoms with Gasteiger partial charge in [0.15, 0.2) is 0 Å². The minimum Gasteiger partial charge on any atom is -0.311 e. The number of amides is 1. The van der Waals surface area contributed by atoms with Crippen LogP contribution in [0.4, 0.5) is 5.69 Å². The fourth-order valence-electron chi connectivity index (χ4n) is 3.07. The van der Waals surface area contributed by atoms with E-state index in [0.29, 0.717) is 5.75 Å². The molecule has 2 heterocycles. The number of aryl methyl sites for hydroxylation is 1. The molecule has 0 spiro atoms. The number of benzene rings is 2. The van der Waals surface area contributed by atoms with Crippen LogP contribution in [0.2, 0.25) is 0 Å². The highest BCUT2D eigenvalue weighted by Gasteiger charge is 2.24. The van der Waals surface area contributed by atoms with E-state index in [9.17, 15) is 4.79 Å². The lowest BCUT2D eigenvalue weighted by atomic mass is 10.2. The number of thioether (sulfide) groups is 1. The van der Waals surface area contributed by atoms with Crippen LogP contribution in [0, 0.1) is 6.92 Å². The summed E-state index contributed by atoms with van der Waals surface area (Å²) >= 11 is 1.49. The average Bonchev–Trinajstić information content (AvgIpc) is 3.03. The molecule has 24 heavy (non-hydrogen) atoms. The lowest BCUT2D eigenvalue weighted by Gasteiger charge is -2.17. The molecule has 0 aliphatic carbocycles. The maximum Gasteiger partial charge on any atom is 0.237 e. The topological polar surface area (TPSA) is 46.1 Å². The lowest BCUT2D eigenvalue weighted by Crippen LogP contribution is -2.30. The highest BCUT2D eigenvalue weighted by atomic mass is 32.2. The number of rotatable bonds is 3. The van der Waals surface area contributed by atoms with Gasteiger partial charge in [0.25, 0.3) is 0 Å². The second-order valence-electron chi connectivity index (χ2n) is 5.81. The molecule has 1 aliphatic rings. The van der Waals surface area contributed by atoms with Gasteiger partial charge in [0.2, 0.25) is 5.91 Å². The van der Waals surface area contributed by atoms with Gasteiger partial charge in [-0.3, -0.25) is 4.79 Å². The van der Waals surface area contributed by atoms with Crippen molar-refractivity contribution < 1.29 is 4.79 Å². The predicted molar refractivity (Wildman–Crippen MR) is 97.5 cm³/mol. The van der Waals surface area contributed by atoms with Crippen molar-refractivity contribution in [2.24, 2.45) is 0 Å². The van der Waals surface area contributed by atoms with Crippen LogP contribution in [-0.2, 0) is 11.2 Å². The van der Waals surface area contributed by atoms with Crippen LogP contribution in [-0.4, -0.2) is 28.2 Å². The number of carbonyl (C=O) groups excluding carboxylic acids is 1. The molecule has 0 saturated carbocycles. The molecule has 120 valence electrons. The van der Waals surface area contributed by atoms with E-state index < -0.39 is 0 Å². The molecule has 2 aromatic carbocycles. The van der Waals surface area contributed by atoms with Gasteiger partial charge in [-0.05, 0) is 31.0 Å². The van der Waals surface area contributed by atoms with E-state index in [1.54, 1.807) is 0 Å². The zero-order valence-corrected chi connectivity index (χ0v) is 14.2. The Kier molecular flexibility index (Phi) is 3.94. The van der Waals surface area contributed by atoms with Gasteiger partial charge in [-0.1, -0.05) is 48.2 Å². The van der Waals surface area contributed by atoms with Crippen molar-refractivity contribution in [1.82, 2.24) is 9.97 Å². The molecule has 0 bridgehead atoms. The van der Waals surface area contributed by atoms with Gasteiger partial charge in [0.1, 0.15) is 10.9 Å². The summed E-state index contributed by atoms with van der Waals surface area (Å²) in [6.07, 6.45) is 0.933. The summed E-state index contributed by atoms with van der Waals surface area (Å²) in [7, 11) is 0. The average molecular weight is 335 g/mol. The summed E-state index contributed by atoms with van der Waals surface area (Å²) in [6, 6.07) is 16.1. The summed E-state index contributed by atoms with van der Waals surface area (Å²) in [5.41, 5.74) is 3.22. The van der Waals surface area contributed by atoms with Gasteiger partial charge in [-0.15, -0.1) is 0 Å². The van der Waals surface area contributed by atoms with E-state index >= 15 is 0 Å². The van der Waals surface area contributed by atoms with Crippen molar-refractivity contribution in [2.45, 2.75) is 18.4 Å². The summed E-state index contributed by atoms with van der Waals surface area (Å²) < 4.78 is 0. The molecule has 1 aliphatic heterocycles. The first-order chi connectivity index (χ1) is 11.7. The Balaban J connectivity index is 1.55. The van der Waals surface area contributed by atoms with E-state index in [1.807, 2.05) is 54.3 Å². The van der Waals surface area contributed by atoms with Gasteiger partial charge < -0.3 is 4.90 Å². The molecule has 0 atom stereocenters. The molecule has 0 fully saturated rings. The largest absolute Gasteiger partial charge is 0.311 e. The predicted octanol–water partition coefficient (Wildman–Crippen LogP) is 3.62. The summed E-state index contributed by atoms with van der Waals surface area (Å²) in [4.78, 5) is 23.5. The Morgan fingerprint density at radius 3 is 2.83 bits per heavy atom. The van der Waals surface area contributed by atoms with Crippen LogP contribution >= 0.6 is 11.8 Å².